The van der Waals surface area contributed by atoms with Crippen LogP contribution in [0.1, 0.15) is 47.8 Å². The van der Waals surface area contributed by atoms with Crippen LogP contribution in [0.25, 0.3) is 20.2 Å². The maximum atomic E-state index is 13.1. The second-order valence-corrected chi connectivity index (χ2v) is 13.7. The van der Waals surface area contributed by atoms with Gasteiger partial charge in [-0.25, -0.2) is 10.2 Å². The molecule has 0 aliphatic rings. The van der Waals surface area contributed by atoms with Crippen LogP contribution in [-0.2, 0) is 0 Å². The lowest BCUT2D eigenvalue weighted by molar-refractivity contribution is 0.0733. The predicted molar refractivity (Wildman–Crippen MR) is 195 cm³/mol. The normalized spacial score (nSPS) is 11.3. The van der Waals surface area contributed by atoms with Gasteiger partial charge in [-0.1, -0.05) is 53.0 Å². The number of carbonyl (C=O) groups excluding carboxylic acids is 3. The van der Waals surface area contributed by atoms with Gasteiger partial charge in [0.1, 0.15) is 9.75 Å². The fourth-order valence-electron chi connectivity index (χ4n) is 4.72. The summed E-state index contributed by atoms with van der Waals surface area (Å²) in [6, 6.07) is 22.3. The molecule has 0 aliphatic carbocycles. The Balaban J connectivity index is 1.08. The Morgan fingerprint density at radius 1 is 0.792 bits per heavy atom. The van der Waals surface area contributed by atoms with Gasteiger partial charge in [-0.2, -0.15) is 5.10 Å². The number of thiophene rings is 2. The van der Waals surface area contributed by atoms with Gasteiger partial charge in [-0.15, -0.1) is 22.7 Å². The minimum Gasteiger partial charge on any atom is -0.490 e. The lowest BCUT2D eigenvalue weighted by Crippen LogP contribution is -2.17. The van der Waals surface area contributed by atoms with E-state index in [1.807, 2.05) is 32.0 Å². The zero-order valence-corrected chi connectivity index (χ0v) is 29.1. The van der Waals surface area contributed by atoms with E-state index >= 15 is 0 Å². The van der Waals surface area contributed by atoms with E-state index in [2.05, 4.69) is 15.8 Å². The number of benzene rings is 4. The van der Waals surface area contributed by atoms with Crippen molar-refractivity contribution in [2.24, 2.45) is 5.10 Å². The van der Waals surface area contributed by atoms with Crippen molar-refractivity contribution in [3.63, 3.8) is 0 Å². The fourth-order valence-corrected chi connectivity index (χ4v) is 7.89. The lowest BCUT2D eigenvalue weighted by Gasteiger charge is -2.11. The summed E-state index contributed by atoms with van der Waals surface area (Å²) in [6.07, 6.45) is 1.44. The molecule has 4 aromatic carbocycles. The van der Waals surface area contributed by atoms with Crippen LogP contribution in [0.2, 0.25) is 15.1 Å². The molecule has 0 aliphatic heterocycles. The largest absolute Gasteiger partial charge is 0.490 e. The predicted octanol–water partition coefficient (Wildman–Crippen LogP) is 10.0. The molecule has 0 unspecified atom stereocenters. The molecular weight excluding hydrogens is 713 g/mol. The molecule has 0 fully saturated rings. The van der Waals surface area contributed by atoms with Gasteiger partial charge in [0.05, 0.1) is 22.9 Å². The quantitative estimate of drug-likeness (QED) is 0.0665. The SMILES string of the molecule is CCOc1cc(/C=N\NC(=O)c2ccc(NC(=O)c3sc4cc(Cl)ccc4c3Cl)cc2)ccc1OC(=O)c1sc2cc(C)ccc2c1Cl. The number of fused-ring (bicyclic) bond motifs is 2. The Hall–Kier alpha value is -4.45. The van der Waals surface area contributed by atoms with Crippen LogP contribution in [0, 0.1) is 6.92 Å². The van der Waals surface area contributed by atoms with Crippen LogP contribution in [-0.4, -0.2) is 30.6 Å². The van der Waals surface area contributed by atoms with Gasteiger partial charge >= 0.3 is 5.97 Å². The molecule has 2 N–H and O–H groups in total. The molecule has 2 heterocycles. The number of anilines is 1. The third kappa shape index (κ3) is 7.18. The number of hydrogen-bond acceptors (Lipinski definition) is 8. The summed E-state index contributed by atoms with van der Waals surface area (Å²) in [5, 5.41) is 9.65. The number of halogens is 3. The molecule has 2 aromatic heterocycles. The number of amides is 2. The minimum absolute atomic E-state index is 0.221. The van der Waals surface area contributed by atoms with E-state index in [-0.39, 0.29) is 11.7 Å². The Morgan fingerprint density at radius 2 is 1.48 bits per heavy atom. The Labute approximate surface area is 297 Å². The van der Waals surface area contributed by atoms with E-state index in [9.17, 15) is 14.4 Å². The number of ether oxygens (including phenoxy) is 2. The molecule has 6 rings (SSSR count). The first-order valence-corrected chi connectivity index (χ1v) is 17.2. The first kappa shape index (κ1) is 33.5. The van der Waals surface area contributed by atoms with Crippen molar-refractivity contribution in [2.45, 2.75) is 13.8 Å². The molecule has 0 atom stereocenters. The van der Waals surface area contributed by atoms with Gasteiger partial charge < -0.3 is 14.8 Å². The van der Waals surface area contributed by atoms with Crippen LogP contribution in [0.4, 0.5) is 5.69 Å². The number of nitrogens with zero attached hydrogens (tertiary/aromatic N) is 1. The molecule has 0 radical (unpaired) electrons. The average Bonchev–Trinajstić information content (AvgIpc) is 3.57. The van der Waals surface area contributed by atoms with Crippen molar-refractivity contribution in [1.82, 2.24) is 5.43 Å². The molecule has 8 nitrogen and oxygen atoms in total. The summed E-state index contributed by atoms with van der Waals surface area (Å²) in [4.78, 5) is 39.3. The molecule has 13 heteroatoms. The number of nitrogens with one attached hydrogen (secondary N) is 2. The number of aryl methyl sites for hydroxylation is 1. The second-order valence-electron chi connectivity index (χ2n) is 10.4. The van der Waals surface area contributed by atoms with E-state index in [4.69, 9.17) is 44.3 Å². The number of hydrazone groups is 1. The van der Waals surface area contributed by atoms with Crippen molar-refractivity contribution in [1.29, 1.82) is 0 Å². The molecular formula is C35H24Cl3N3O5S2. The van der Waals surface area contributed by atoms with Crippen molar-refractivity contribution in [3.8, 4) is 11.5 Å². The third-order valence-corrected chi connectivity index (χ3v) is 10.6. The van der Waals surface area contributed by atoms with Gasteiger partial charge in [0.25, 0.3) is 11.8 Å². The zero-order chi connectivity index (χ0) is 33.9. The summed E-state index contributed by atoms with van der Waals surface area (Å²) in [6.45, 7) is 4.11. The molecule has 0 bridgehead atoms. The summed E-state index contributed by atoms with van der Waals surface area (Å²) < 4.78 is 13.1. The maximum absolute atomic E-state index is 13.1. The Kier molecular flexibility index (Phi) is 10.00. The van der Waals surface area contributed by atoms with Gasteiger partial charge in [0.15, 0.2) is 11.5 Å². The molecule has 242 valence electrons. The van der Waals surface area contributed by atoms with Gasteiger partial charge in [0.2, 0.25) is 0 Å². The summed E-state index contributed by atoms with van der Waals surface area (Å²) in [5.74, 6) is -0.871. The monoisotopic (exact) mass is 735 g/mol. The zero-order valence-electron chi connectivity index (χ0n) is 25.2. The van der Waals surface area contributed by atoms with E-state index in [0.717, 1.165) is 25.7 Å². The van der Waals surface area contributed by atoms with Crippen LogP contribution >= 0.6 is 57.5 Å². The summed E-state index contributed by atoms with van der Waals surface area (Å²) in [5.41, 5.74) is 4.95. The number of carbonyl (C=O) groups is 3. The minimum atomic E-state index is -0.590. The van der Waals surface area contributed by atoms with Crippen LogP contribution in [0.15, 0.2) is 84.0 Å². The molecule has 48 heavy (non-hydrogen) atoms. The van der Waals surface area contributed by atoms with Crippen LogP contribution < -0.4 is 20.2 Å². The van der Waals surface area contributed by atoms with Gasteiger partial charge in [0, 0.05) is 36.4 Å². The number of esters is 1. The highest BCUT2D eigenvalue weighted by Gasteiger charge is 2.21. The number of hydrogen-bond donors (Lipinski definition) is 2. The Morgan fingerprint density at radius 3 is 2.23 bits per heavy atom. The molecule has 2 amide bonds. The molecule has 0 saturated heterocycles. The average molecular weight is 737 g/mol. The lowest BCUT2D eigenvalue weighted by atomic mass is 10.2. The van der Waals surface area contributed by atoms with E-state index in [1.165, 1.54) is 28.9 Å². The van der Waals surface area contributed by atoms with Gasteiger partial charge in [-0.05, 0) is 85.6 Å². The van der Waals surface area contributed by atoms with Crippen molar-refractivity contribution in [3.05, 3.63) is 120 Å². The number of rotatable bonds is 9. The van der Waals surface area contributed by atoms with E-state index < -0.39 is 11.9 Å². The van der Waals surface area contributed by atoms with Crippen molar-refractivity contribution < 1.29 is 23.9 Å². The third-order valence-electron chi connectivity index (χ3n) is 7.02. The van der Waals surface area contributed by atoms with E-state index in [0.29, 0.717) is 54.0 Å². The first-order valence-electron chi connectivity index (χ1n) is 14.4. The van der Waals surface area contributed by atoms with Crippen molar-refractivity contribution in [2.75, 3.05) is 11.9 Å². The molecule has 0 saturated carbocycles. The fraction of sp³-hybridized carbons (Fsp3) is 0.0857. The summed E-state index contributed by atoms with van der Waals surface area (Å²) in [7, 11) is 0. The topological polar surface area (TPSA) is 106 Å². The summed E-state index contributed by atoms with van der Waals surface area (Å²) >= 11 is 21.5. The molecule has 0 spiro atoms. The van der Waals surface area contributed by atoms with E-state index in [1.54, 1.807) is 60.7 Å². The molecule has 6 aromatic rings. The highest BCUT2D eigenvalue weighted by atomic mass is 35.5. The smallest absolute Gasteiger partial charge is 0.355 e. The second kappa shape index (κ2) is 14.3. The van der Waals surface area contributed by atoms with Crippen molar-refractivity contribution >= 4 is 107 Å². The standard InChI is InChI=1S/C35H24Cl3N3O5S2/c1-3-45-26-15-19(5-13-25(26)46-35(44)32-30(38)23-11-4-18(2)14-27(23)48-32)17-39-41-33(42)20-6-9-22(10-7-20)40-34(43)31-29(37)24-12-8-21(36)16-28(24)47-31/h4-17H,3H2,1-2H3,(H,40,43)(H,41,42)/b39-17-. The maximum Gasteiger partial charge on any atom is 0.355 e. The first-order chi connectivity index (χ1) is 23.1. The highest BCUT2D eigenvalue weighted by molar-refractivity contribution is 7.22. The van der Waals surface area contributed by atoms with Crippen LogP contribution in [0.3, 0.4) is 0 Å². The highest BCUT2D eigenvalue weighted by Crippen LogP contribution is 2.38. The Bertz CT molecular complexity index is 2250. The van der Waals surface area contributed by atoms with Crippen LogP contribution in [0.5, 0.6) is 11.5 Å². The van der Waals surface area contributed by atoms with Gasteiger partial charge in [-0.3, -0.25) is 9.59 Å².